The molecule has 0 amide bonds. The average molecular weight is 144 g/mol. The Morgan fingerprint density at radius 1 is 1.56 bits per heavy atom. The molecule has 1 aliphatic rings. The molecule has 1 saturated carbocycles. The molecule has 0 aliphatic heterocycles. The second-order valence-corrected chi connectivity index (χ2v) is 4.95. The molecule has 0 aromatic carbocycles. The fourth-order valence-corrected chi connectivity index (χ4v) is 2.27. The van der Waals surface area contributed by atoms with Crippen LogP contribution in [0.15, 0.2) is 0 Å². The van der Waals surface area contributed by atoms with Crippen LogP contribution in [0.3, 0.4) is 0 Å². The zero-order chi connectivity index (χ0) is 7.07. The molecular weight excluding hydrogens is 128 g/mol. The van der Waals surface area contributed by atoms with Crippen molar-refractivity contribution in [3.8, 4) is 0 Å². The van der Waals surface area contributed by atoms with Gasteiger partial charge in [0.15, 0.2) is 0 Å². The predicted octanol–water partition coefficient (Wildman–Crippen LogP) is 2.78. The van der Waals surface area contributed by atoms with Crippen molar-refractivity contribution >= 4 is 11.8 Å². The van der Waals surface area contributed by atoms with E-state index in [0.29, 0.717) is 5.41 Å². The van der Waals surface area contributed by atoms with E-state index in [-0.39, 0.29) is 0 Å². The van der Waals surface area contributed by atoms with Crippen molar-refractivity contribution in [1.82, 2.24) is 0 Å². The van der Waals surface area contributed by atoms with Gasteiger partial charge < -0.3 is 0 Å². The Kier molecular flexibility index (Phi) is 1.81. The van der Waals surface area contributed by atoms with Crippen LogP contribution in [0.25, 0.3) is 0 Å². The summed E-state index contributed by atoms with van der Waals surface area (Å²) in [4.78, 5) is 0. The molecule has 0 heterocycles. The maximum atomic E-state index is 2.37. The van der Waals surface area contributed by atoms with Gasteiger partial charge in [0.25, 0.3) is 0 Å². The van der Waals surface area contributed by atoms with E-state index in [2.05, 4.69) is 27.0 Å². The lowest BCUT2D eigenvalue weighted by Gasteiger charge is -2.08. The lowest BCUT2D eigenvalue weighted by atomic mass is 10.1. The Labute approximate surface area is 62.4 Å². The van der Waals surface area contributed by atoms with Crippen LogP contribution >= 0.6 is 11.8 Å². The molecule has 0 nitrogen and oxygen atoms in total. The van der Waals surface area contributed by atoms with E-state index in [1.54, 1.807) is 0 Å². The number of hydrogen-bond donors (Lipinski definition) is 0. The Morgan fingerprint density at radius 2 is 2.00 bits per heavy atom. The van der Waals surface area contributed by atoms with Gasteiger partial charge in [0.2, 0.25) is 0 Å². The average Bonchev–Trinajstić information content (AvgIpc) is 2.38. The lowest BCUT2D eigenvalue weighted by molar-refractivity contribution is 0.557. The second kappa shape index (κ2) is 2.19. The van der Waals surface area contributed by atoms with Crippen LogP contribution in [0.2, 0.25) is 0 Å². The summed E-state index contributed by atoms with van der Waals surface area (Å²) >= 11 is 2.00. The van der Waals surface area contributed by atoms with E-state index in [0.717, 1.165) is 11.2 Å². The summed E-state index contributed by atoms with van der Waals surface area (Å²) in [6.07, 6.45) is 3.65. The van der Waals surface area contributed by atoms with Gasteiger partial charge in [-0.3, -0.25) is 0 Å². The molecule has 9 heavy (non-hydrogen) atoms. The summed E-state index contributed by atoms with van der Waals surface area (Å²) in [5.41, 5.74) is 0.669. The van der Waals surface area contributed by atoms with Gasteiger partial charge in [-0.1, -0.05) is 20.8 Å². The zero-order valence-electron chi connectivity index (χ0n) is 6.77. The van der Waals surface area contributed by atoms with Gasteiger partial charge in [0.1, 0.15) is 0 Å². The normalized spacial score (nSPS) is 34.0. The van der Waals surface area contributed by atoms with E-state index in [4.69, 9.17) is 0 Å². The van der Waals surface area contributed by atoms with E-state index in [1.807, 2.05) is 11.8 Å². The molecule has 2 unspecified atom stereocenters. The highest BCUT2D eigenvalue weighted by molar-refractivity contribution is 7.99. The summed E-state index contributed by atoms with van der Waals surface area (Å²) in [6.45, 7) is 7.07. The number of hydrogen-bond acceptors (Lipinski definition) is 1. The first-order chi connectivity index (χ1) is 4.08. The van der Waals surface area contributed by atoms with Gasteiger partial charge in [0.05, 0.1) is 0 Å². The molecule has 0 N–H and O–H groups in total. The third-order valence-corrected chi connectivity index (χ3v) is 3.60. The van der Waals surface area contributed by atoms with Crippen molar-refractivity contribution in [3.63, 3.8) is 0 Å². The van der Waals surface area contributed by atoms with Crippen molar-refractivity contribution < 1.29 is 0 Å². The van der Waals surface area contributed by atoms with Crippen molar-refractivity contribution in [2.75, 3.05) is 6.26 Å². The summed E-state index contributed by atoms with van der Waals surface area (Å²) in [7, 11) is 0. The molecule has 0 radical (unpaired) electrons. The fourth-order valence-electron chi connectivity index (χ4n) is 1.47. The Hall–Kier alpha value is 0.350. The molecule has 1 rings (SSSR count). The first-order valence-corrected chi connectivity index (χ1v) is 4.89. The summed E-state index contributed by atoms with van der Waals surface area (Å²) in [5, 5.41) is 0.875. The van der Waals surface area contributed by atoms with Crippen molar-refractivity contribution in [2.24, 2.45) is 11.3 Å². The quantitative estimate of drug-likeness (QED) is 0.574. The van der Waals surface area contributed by atoms with E-state index in [9.17, 15) is 0 Å². The molecule has 54 valence electrons. The van der Waals surface area contributed by atoms with Crippen LogP contribution in [0, 0.1) is 11.3 Å². The first kappa shape index (κ1) is 7.46. The topological polar surface area (TPSA) is 0 Å². The summed E-state index contributed by atoms with van der Waals surface area (Å²) in [5.74, 6) is 0.993. The SMILES string of the molecule is CSC(C)C1CC1(C)C. The maximum Gasteiger partial charge on any atom is 0.00495 e. The third-order valence-electron chi connectivity index (χ3n) is 2.53. The van der Waals surface area contributed by atoms with Crippen LogP contribution in [0.1, 0.15) is 27.2 Å². The first-order valence-electron chi connectivity index (χ1n) is 3.61. The second-order valence-electron chi connectivity index (χ2n) is 3.74. The molecule has 0 aromatic heterocycles. The Morgan fingerprint density at radius 3 is 2.11 bits per heavy atom. The molecule has 0 spiro atoms. The van der Waals surface area contributed by atoms with Crippen LogP contribution < -0.4 is 0 Å². The predicted molar refractivity (Wildman–Crippen MR) is 44.9 cm³/mol. The van der Waals surface area contributed by atoms with Crippen LogP contribution in [-0.4, -0.2) is 11.5 Å². The molecule has 0 saturated heterocycles. The molecule has 1 aliphatic carbocycles. The molecule has 2 atom stereocenters. The maximum absolute atomic E-state index is 2.37. The Bertz CT molecular complexity index is 107. The van der Waals surface area contributed by atoms with Gasteiger partial charge in [-0.15, -0.1) is 0 Å². The van der Waals surface area contributed by atoms with Gasteiger partial charge in [-0.05, 0) is 24.0 Å². The van der Waals surface area contributed by atoms with Crippen molar-refractivity contribution in [2.45, 2.75) is 32.4 Å². The minimum absolute atomic E-state index is 0.669. The van der Waals surface area contributed by atoms with Crippen LogP contribution in [-0.2, 0) is 0 Å². The molecule has 0 aromatic rings. The summed E-state index contributed by atoms with van der Waals surface area (Å²) < 4.78 is 0. The summed E-state index contributed by atoms with van der Waals surface area (Å²) in [6, 6.07) is 0. The van der Waals surface area contributed by atoms with Gasteiger partial charge in [0, 0.05) is 5.25 Å². The van der Waals surface area contributed by atoms with Crippen molar-refractivity contribution in [1.29, 1.82) is 0 Å². The highest BCUT2D eigenvalue weighted by atomic mass is 32.2. The van der Waals surface area contributed by atoms with Gasteiger partial charge in [-0.2, -0.15) is 11.8 Å². The minimum Gasteiger partial charge on any atom is -0.162 e. The highest BCUT2D eigenvalue weighted by Gasteiger charge is 2.48. The largest absolute Gasteiger partial charge is 0.162 e. The van der Waals surface area contributed by atoms with Crippen LogP contribution in [0.5, 0.6) is 0 Å². The molecule has 1 heteroatoms. The lowest BCUT2D eigenvalue weighted by Crippen LogP contribution is -2.03. The fraction of sp³-hybridized carbons (Fsp3) is 1.00. The smallest absolute Gasteiger partial charge is 0.00495 e. The molecule has 0 bridgehead atoms. The third kappa shape index (κ3) is 1.43. The van der Waals surface area contributed by atoms with Crippen LogP contribution in [0.4, 0.5) is 0 Å². The number of rotatable bonds is 2. The van der Waals surface area contributed by atoms with E-state index >= 15 is 0 Å². The standard InChI is InChI=1S/C8H16S/c1-6(9-4)7-5-8(7,2)3/h6-7H,5H2,1-4H3. The zero-order valence-corrected chi connectivity index (χ0v) is 7.59. The van der Waals surface area contributed by atoms with E-state index < -0.39 is 0 Å². The Balaban J connectivity index is 2.33. The number of thioether (sulfide) groups is 1. The highest BCUT2D eigenvalue weighted by Crippen LogP contribution is 2.55. The molecular formula is C8H16S. The van der Waals surface area contributed by atoms with E-state index in [1.165, 1.54) is 6.42 Å². The molecule has 1 fully saturated rings. The van der Waals surface area contributed by atoms with Gasteiger partial charge >= 0.3 is 0 Å². The minimum atomic E-state index is 0.669. The van der Waals surface area contributed by atoms with Crippen molar-refractivity contribution in [3.05, 3.63) is 0 Å². The monoisotopic (exact) mass is 144 g/mol. The van der Waals surface area contributed by atoms with Gasteiger partial charge in [-0.25, -0.2) is 0 Å².